The van der Waals surface area contributed by atoms with E-state index in [-0.39, 0.29) is 19.0 Å². The van der Waals surface area contributed by atoms with Gasteiger partial charge in [0.15, 0.2) is 0 Å². The van der Waals surface area contributed by atoms with Gasteiger partial charge in [-0.25, -0.2) is 0 Å². The molecule has 0 aliphatic rings. The van der Waals surface area contributed by atoms with E-state index in [0.29, 0.717) is 6.54 Å². The maximum Gasteiger partial charge on any atom is 0.401 e. The molecule has 0 unspecified atom stereocenters. The van der Waals surface area contributed by atoms with Gasteiger partial charge in [0.05, 0.1) is 13.1 Å². The van der Waals surface area contributed by atoms with Gasteiger partial charge in [-0.3, -0.25) is 9.58 Å². The fourth-order valence-electron chi connectivity index (χ4n) is 1.32. The minimum atomic E-state index is -4.18. The summed E-state index contributed by atoms with van der Waals surface area (Å²) in [5, 5.41) is 3.92. The van der Waals surface area contributed by atoms with Crippen molar-refractivity contribution in [3.63, 3.8) is 0 Å². The van der Waals surface area contributed by atoms with E-state index in [9.17, 15) is 13.2 Å². The third-order valence-electron chi connectivity index (χ3n) is 2.01. The zero-order chi connectivity index (χ0) is 12.0. The summed E-state index contributed by atoms with van der Waals surface area (Å²) in [6, 6.07) is 1.73. The Balaban J connectivity index is 2.39. The van der Waals surface area contributed by atoms with Crippen molar-refractivity contribution < 1.29 is 13.2 Å². The van der Waals surface area contributed by atoms with Gasteiger partial charge >= 0.3 is 6.18 Å². The maximum atomic E-state index is 12.2. The maximum absolute atomic E-state index is 12.2. The Morgan fingerprint density at radius 3 is 2.56 bits per heavy atom. The third kappa shape index (κ3) is 5.37. The molecule has 0 saturated heterocycles. The lowest BCUT2D eigenvalue weighted by Gasteiger charge is -2.22. The molecule has 0 atom stereocenters. The van der Waals surface area contributed by atoms with Crippen LogP contribution in [0.4, 0.5) is 13.2 Å². The fraction of sp³-hybridized carbons (Fsp3) is 0.667. The van der Waals surface area contributed by atoms with Crippen LogP contribution in [0.3, 0.4) is 0 Å². The van der Waals surface area contributed by atoms with Gasteiger partial charge in [0, 0.05) is 31.4 Å². The molecular formula is C9H13ClF3N3. The monoisotopic (exact) mass is 255 g/mol. The normalized spacial score (nSPS) is 12.3. The molecule has 3 nitrogen and oxygen atoms in total. The number of halogens is 4. The second kappa shape index (κ2) is 6.10. The molecule has 0 spiro atoms. The highest BCUT2D eigenvalue weighted by molar-refractivity contribution is 6.18. The Hall–Kier alpha value is -0.750. The Bertz CT molecular complexity index is 287. The van der Waals surface area contributed by atoms with Crippen LogP contribution in [0.15, 0.2) is 18.5 Å². The van der Waals surface area contributed by atoms with Gasteiger partial charge in [0.25, 0.3) is 0 Å². The zero-order valence-corrected chi connectivity index (χ0v) is 9.38. The van der Waals surface area contributed by atoms with Crippen LogP contribution in [0.2, 0.25) is 0 Å². The first-order valence-corrected chi connectivity index (χ1v) is 5.37. The molecule has 0 aliphatic carbocycles. The van der Waals surface area contributed by atoms with Crippen LogP contribution in [0.25, 0.3) is 0 Å². The average molecular weight is 256 g/mol. The minimum Gasteiger partial charge on any atom is -0.292 e. The van der Waals surface area contributed by atoms with E-state index in [0.717, 1.165) is 0 Å². The van der Waals surface area contributed by atoms with E-state index in [1.165, 1.54) is 4.90 Å². The molecule has 1 rings (SSSR count). The molecule has 92 valence electrons. The fourth-order valence-corrected chi connectivity index (χ4v) is 1.56. The zero-order valence-electron chi connectivity index (χ0n) is 8.62. The van der Waals surface area contributed by atoms with Crippen molar-refractivity contribution in [2.24, 2.45) is 0 Å². The average Bonchev–Trinajstić information content (AvgIpc) is 2.64. The Labute approximate surface area is 96.8 Å². The largest absolute Gasteiger partial charge is 0.401 e. The molecule has 0 radical (unpaired) electrons. The quantitative estimate of drug-likeness (QED) is 0.725. The number of alkyl halides is 4. The number of aromatic nitrogens is 2. The number of rotatable bonds is 6. The van der Waals surface area contributed by atoms with Crippen molar-refractivity contribution in [3.8, 4) is 0 Å². The summed E-state index contributed by atoms with van der Waals surface area (Å²) < 4.78 is 38.2. The van der Waals surface area contributed by atoms with Crippen LogP contribution in [0.5, 0.6) is 0 Å². The van der Waals surface area contributed by atoms with E-state index >= 15 is 0 Å². The summed E-state index contributed by atoms with van der Waals surface area (Å²) >= 11 is 5.45. The van der Waals surface area contributed by atoms with Crippen LogP contribution in [-0.2, 0) is 6.54 Å². The summed E-state index contributed by atoms with van der Waals surface area (Å²) in [4.78, 5) is 1.27. The van der Waals surface area contributed by atoms with Gasteiger partial charge < -0.3 is 0 Å². The van der Waals surface area contributed by atoms with Crippen molar-refractivity contribution in [1.29, 1.82) is 0 Å². The van der Waals surface area contributed by atoms with Gasteiger partial charge in [-0.15, -0.1) is 11.6 Å². The number of nitrogens with zero attached hydrogens (tertiary/aromatic N) is 3. The first-order valence-electron chi connectivity index (χ1n) is 4.84. The van der Waals surface area contributed by atoms with Crippen molar-refractivity contribution in [2.45, 2.75) is 12.7 Å². The smallest absolute Gasteiger partial charge is 0.292 e. The Morgan fingerprint density at radius 2 is 2.06 bits per heavy atom. The van der Waals surface area contributed by atoms with Crippen LogP contribution >= 0.6 is 11.6 Å². The summed E-state index contributed by atoms with van der Waals surface area (Å²) in [5.74, 6) is 0.190. The van der Waals surface area contributed by atoms with Gasteiger partial charge in [0.2, 0.25) is 0 Å². The molecule has 0 N–H and O–H groups in total. The lowest BCUT2D eigenvalue weighted by Crippen LogP contribution is -2.37. The predicted octanol–water partition coefficient (Wildman–Crippen LogP) is 1.99. The Kier molecular flexibility index (Phi) is 5.08. The lowest BCUT2D eigenvalue weighted by atomic mass is 10.4. The highest BCUT2D eigenvalue weighted by Gasteiger charge is 2.30. The van der Waals surface area contributed by atoms with Crippen molar-refractivity contribution in [3.05, 3.63) is 18.5 Å². The van der Waals surface area contributed by atoms with Crippen LogP contribution in [0.1, 0.15) is 0 Å². The van der Waals surface area contributed by atoms with E-state index in [1.807, 2.05) is 0 Å². The van der Waals surface area contributed by atoms with Crippen molar-refractivity contribution >= 4 is 11.6 Å². The van der Waals surface area contributed by atoms with Crippen LogP contribution in [-0.4, -0.2) is 46.4 Å². The van der Waals surface area contributed by atoms with E-state index in [2.05, 4.69) is 5.10 Å². The number of hydrogen-bond donors (Lipinski definition) is 0. The van der Waals surface area contributed by atoms with Gasteiger partial charge in [-0.2, -0.15) is 18.3 Å². The highest BCUT2D eigenvalue weighted by Crippen LogP contribution is 2.16. The molecule has 0 amide bonds. The van der Waals surface area contributed by atoms with Gasteiger partial charge in [0.1, 0.15) is 0 Å². The van der Waals surface area contributed by atoms with Crippen molar-refractivity contribution in [2.75, 3.05) is 25.5 Å². The van der Waals surface area contributed by atoms with Gasteiger partial charge in [-0.1, -0.05) is 0 Å². The SMILES string of the molecule is FC(F)(F)CN(CCCl)CCn1cccn1. The molecule has 1 aromatic heterocycles. The molecule has 1 heterocycles. The van der Waals surface area contributed by atoms with Crippen LogP contribution < -0.4 is 0 Å². The molecule has 16 heavy (non-hydrogen) atoms. The first-order chi connectivity index (χ1) is 7.51. The molecule has 1 aromatic rings. The molecule has 0 bridgehead atoms. The van der Waals surface area contributed by atoms with E-state index in [4.69, 9.17) is 11.6 Å². The second-order valence-electron chi connectivity index (χ2n) is 3.35. The molecule has 0 aromatic carbocycles. The van der Waals surface area contributed by atoms with Gasteiger partial charge in [-0.05, 0) is 6.07 Å². The van der Waals surface area contributed by atoms with Crippen molar-refractivity contribution in [1.82, 2.24) is 14.7 Å². The molecule has 0 aliphatic heterocycles. The molecule has 0 saturated carbocycles. The summed E-state index contributed by atoms with van der Waals surface area (Å²) in [6.45, 7) is 0.0111. The molecule has 0 fully saturated rings. The first kappa shape index (κ1) is 13.3. The standard InChI is InChI=1S/C9H13ClF3N3/c10-2-5-15(8-9(11,12)13)6-7-16-4-1-3-14-16/h1,3-4H,2,5-8H2. The highest BCUT2D eigenvalue weighted by atomic mass is 35.5. The summed E-state index contributed by atoms with van der Waals surface area (Å²) in [7, 11) is 0. The van der Waals surface area contributed by atoms with E-state index in [1.54, 1.807) is 23.1 Å². The molecular weight excluding hydrogens is 243 g/mol. The number of hydrogen-bond acceptors (Lipinski definition) is 2. The third-order valence-corrected chi connectivity index (χ3v) is 2.18. The molecule has 7 heteroatoms. The topological polar surface area (TPSA) is 21.1 Å². The van der Waals surface area contributed by atoms with E-state index < -0.39 is 12.7 Å². The predicted molar refractivity (Wildman–Crippen MR) is 55.4 cm³/mol. The van der Waals surface area contributed by atoms with Crippen LogP contribution in [0, 0.1) is 0 Å². The summed E-state index contributed by atoms with van der Waals surface area (Å²) in [5.41, 5.74) is 0. The minimum absolute atomic E-state index is 0.190. The second-order valence-corrected chi connectivity index (χ2v) is 3.73. The lowest BCUT2D eigenvalue weighted by molar-refractivity contribution is -0.145. The Morgan fingerprint density at radius 1 is 1.31 bits per heavy atom. The summed E-state index contributed by atoms with van der Waals surface area (Å²) in [6.07, 6.45) is -0.877.